The lowest BCUT2D eigenvalue weighted by atomic mass is 10.1. The van der Waals surface area contributed by atoms with Crippen molar-refractivity contribution in [2.24, 2.45) is 0 Å². The molecule has 0 N–H and O–H groups in total. The van der Waals surface area contributed by atoms with Crippen molar-refractivity contribution in [2.75, 3.05) is 13.2 Å². The lowest BCUT2D eigenvalue weighted by Crippen LogP contribution is -2.11. The number of aromatic nitrogens is 3. The molecule has 1 atom stereocenters. The van der Waals surface area contributed by atoms with E-state index < -0.39 is 5.25 Å². The van der Waals surface area contributed by atoms with Crippen LogP contribution in [0.5, 0.6) is 5.75 Å². The highest BCUT2D eigenvalue weighted by Gasteiger charge is 2.23. The number of halogens is 1. The van der Waals surface area contributed by atoms with E-state index in [4.69, 9.17) is 4.74 Å². The van der Waals surface area contributed by atoms with Crippen LogP contribution in [-0.4, -0.2) is 32.8 Å². The average Bonchev–Trinajstić information content (AvgIpc) is 3.03. The van der Waals surface area contributed by atoms with E-state index in [1.165, 1.54) is 23.9 Å². The van der Waals surface area contributed by atoms with Gasteiger partial charge in [0.1, 0.15) is 22.6 Å². The van der Waals surface area contributed by atoms with Crippen LogP contribution < -0.4 is 4.74 Å². The fourth-order valence-corrected chi connectivity index (χ4v) is 3.90. The number of nitrogens with zero attached hydrogens (tertiary/aromatic N) is 4. The summed E-state index contributed by atoms with van der Waals surface area (Å²) in [4.78, 5) is 10.8. The van der Waals surface area contributed by atoms with E-state index in [2.05, 4.69) is 10.2 Å². The zero-order valence-electron chi connectivity index (χ0n) is 15.4. The average molecular weight is 402 g/mol. The summed E-state index contributed by atoms with van der Waals surface area (Å²) in [6, 6.07) is 13.2. The molecule has 1 aromatic heterocycles. The van der Waals surface area contributed by atoms with Gasteiger partial charge < -0.3 is 4.74 Å². The second-order valence-electron chi connectivity index (χ2n) is 5.97. The van der Waals surface area contributed by atoms with Crippen LogP contribution in [0.15, 0.2) is 53.7 Å². The Morgan fingerprint density at radius 2 is 1.86 bits per heavy atom. The van der Waals surface area contributed by atoms with Crippen LogP contribution in [0.2, 0.25) is 0 Å². The van der Waals surface area contributed by atoms with E-state index in [1.54, 1.807) is 12.1 Å². The zero-order chi connectivity index (χ0) is 20.1. The maximum atomic E-state index is 13.2. The molecule has 0 bridgehead atoms. The van der Waals surface area contributed by atoms with Gasteiger partial charge in [0, 0.05) is 10.6 Å². The van der Waals surface area contributed by atoms with Crippen molar-refractivity contribution in [1.82, 2.24) is 14.8 Å². The Bertz CT molecular complexity index is 945. The van der Waals surface area contributed by atoms with E-state index in [-0.39, 0.29) is 17.3 Å². The Morgan fingerprint density at radius 1 is 1.18 bits per heavy atom. The van der Waals surface area contributed by atoms with E-state index in [0.29, 0.717) is 23.2 Å². The topological polar surface area (TPSA) is 83.1 Å². The smallest absolute Gasteiger partial charge is 0.220 e. The molecule has 146 valence electrons. The van der Waals surface area contributed by atoms with Crippen LogP contribution in [0.4, 0.5) is 4.39 Å². The van der Waals surface area contributed by atoms with Crippen molar-refractivity contribution in [1.29, 1.82) is 0 Å². The van der Waals surface area contributed by atoms with Crippen molar-refractivity contribution in [2.45, 2.75) is 24.3 Å². The SMILES string of the molecule is CCOc1ccc(-n2c(C)nnc2S[C@H](C[N+](=O)[O-])c2ccc(F)cc2)cc1. The monoisotopic (exact) mass is 402 g/mol. The molecular formula is C19H19FN4O3S. The maximum Gasteiger partial charge on any atom is 0.220 e. The van der Waals surface area contributed by atoms with Gasteiger partial charge in [-0.05, 0) is 55.8 Å². The zero-order valence-corrected chi connectivity index (χ0v) is 16.2. The molecule has 0 fully saturated rings. The van der Waals surface area contributed by atoms with Crippen molar-refractivity contribution < 1.29 is 14.1 Å². The molecule has 0 aliphatic carbocycles. The quantitative estimate of drug-likeness (QED) is 0.319. The fraction of sp³-hybridized carbons (Fsp3) is 0.263. The summed E-state index contributed by atoms with van der Waals surface area (Å²) < 4.78 is 20.5. The lowest BCUT2D eigenvalue weighted by Gasteiger charge is -2.14. The number of rotatable bonds is 8. The third-order valence-electron chi connectivity index (χ3n) is 4.01. The first-order valence-corrected chi connectivity index (χ1v) is 9.55. The normalized spacial score (nSPS) is 12.0. The molecule has 0 aliphatic rings. The molecular weight excluding hydrogens is 383 g/mol. The molecule has 3 aromatic rings. The standard InChI is InChI=1S/C19H19FN4O3S/c1-3-27-17-10-8-16(9-11-17)24-13(2)21-22-19(24)28-18(12-23(25)26)14-4-6-15(20)7-5-14/h4-11,18H,3,12H2,1-2H3/t18-/m1/s1. The molecule has 7 nitrogen and oxygen atoms in total. The summed E-state index contributed by atoms with van der Waals surface area (Å²) in [5, 5.41) is 19.5. The number of nitro groups is 1. The highest BCUT2D eigenvalue weighted by Crippen LogP contribution is 2.36. The van der Waals surface area contributed by atoms with Crippen molar-refractivity contribution in [3.05, 3.63) is 75.9 Å². The van der Waals surface area contributed by atoms with Crippen LogP contribution in [0.1, 0.15) is 23.6 Å². The first-order chi connectivity index (χ1) is 13.5. The Balaban J connectivity index is 1.92. The minimum atomic E-state index is -0.527. The Hall–Kier alpha value is -2.94. The van der Waals surface area contributed by atoms with Gasteiger partial charge in [-0.2, -0.15) is 0 Å². The molecule has 9 heteroatoms. The fourth-order valence-electron chi connectivity index (χ4n) is 2.73. The molecule has 0 unspecified atom stereocenters. The number of thioether (sulfide) groups is 1. The third-order valence-corrected chi connectivity index (χ3v) is 5.19. The van der Waals surface area contributed by atoms with Gasteiger partial charge in [-0.1, -0.05) is 23.9 Å². The first-order valence-electron chi connectivity index (χ1n) is 8.67. The van der Waals surface area contributed by atoms with Crippen LogP contribution in [0.25, 0.3) is 5.69 Å². The van der Waals surface area contributed by atoms with E-state index in [0.717, 1.165) is 11.4 Å². The van der Waals surface area contributed by atoms with E-state index in [9.17, 15) is 14.5 Å². The summed E-state index contributed by atoms with van der Waals surface area (Å²) in [5.41, 5.74) is 1.48. The minimum Gasteiger partial charge on any atom is -0.494 e. The number of ether oxygens (including phenoxy) is 1. The summed E-state index contributed by atoms with van der Waals surface area (Å²) in [7, 11) is 0. The molecule has 0 amide bonds. The summed E-state index contributed by atoms with van der Waals surface area (Å²) in [6.45, 7) is 3.99. The maximum absolute atomic E-state index is 13.2. The second-order valence-corrected chi connectivity index (χ2v) is 7.14. The Morgan fingerprint density at radius 3 is 2.46 bits per heavy atom. The summed E-state index contributed by atoms with van der Waals surface area (Å²) >= 11 is 1.23. The van der Waals surface area contributed by atoms with Crippen LogP contribution in [0, 0.1) is 22.9 Å². The van der Waals surface area contributed by atoms with Crippen LogP contribution in [0.3, 0.4) is 0 Å². The second kappa shape index (κ2) is 8.83. The molecule has 0 aliphatic heterocycles. The van der Waals surface area contributed by atoms with E-state index >= 15 is 0 Å². The van der Waals surface area contributed by atoms with Crippen LogP contribution in [-0.2, 0) is 0 Å². The largest absolute Gasteiger partial charge is 0.494 e. The van der Waals surface area contributed by atoms with Gasteiger partial charge in [0.25, 0.3) is 0 Å². The predicted molar refractivity (Wildman–Crippen MR) is 104 cm³/mol. The molecule has 0 spiro atoms. The number of hydrogen-bond acceptors (Lipinski definition) is 6. The number of hydrogen-bond donors (Lipinski definition) is 0. The molecule has 0 radical (unpaired) electrons. The highest BCUT2D eigenvalue weighted by molar-refractivity contribution is 7.99. The van der Waals surface area contributed by atoms with Gasteiger partial charge in [-0.3, -0.25) is 14.7 Å². The van der Waals surface area contributed by atoms with Gasteiger partial charge in [0.2, 0.25) is 6.54 Å². The Kier molecular flexibility index (Phi) is 6.25. The molecule has 2 aromatic carbocycles. The van der Waals surface area contributed by atoms with Crippen LogP contribution >= 0.6 is 11.8 Å². The molecule has 1 heterocycles. The summed E-state index contributed by atoms with van der Waals surface area (Å²) in [5.74, 6) is 1.02. The van der Waals surface area contributed by atoms with Gasteiger partial charge in [-0.15, -0.1) is 10.2 Å². The third kappa shape index (κ3) is 4.66. The molecule has 0 saturated carbocycles. The van der Waals surface area contributed by atoms with Gasteiger partial charge in [0.05, 0.1) is 6.61 Å². The van der Waals surface area contributed by atoms with E-state index in [1.807, 2.05) is 42.7 Å². The minimum absolute atomic E-state index is 0.314. The van der Waals surface area contributed by atoms with Crippen molar-refractivity contribution >= 4 is 11.8 Å². The Labute approximate surface area is 165 Å². The van der Waals surface area contributed by atoms with Gasteiger partial charge in [-0.25, -0.2) is 4.39 Å². The first kappa shape index (κ1) is 19.8. The van der Waals surface area contributed by atoms with Gasteiger partial charge >= 0.3 is 0 Å². The predicted octanol–water partition coefficient (Wildman–Crippen LogP) is 4.22. The molecule has 3 rings (SSSR count). The number of benzene rings is 2. The molecule has 28 heavy (non-hydrogen) atoms. The molecule has 0 saturated heterocycles. The summed E-state index contributed by atoms with van der Waals surface area (Å²) in [6.07, 6.45) is 0. The van der Waals surface area contributed by atoms with Crippen molar-refractivity contribution in [3.63, 3.8) is 0 Å². The lowest BCUT2D eigenvalue weighted by molar-refractivity contribution is -0.479. The van der Waals surface area contributed by atoms with Gasteiger partial charge in [0.15, 0.2) is 5.16 Å². The van der Waals surface area contributed by atoms with Crippen molar-refractivity contribution in [3.8, 4) is 11.4 Å². The number of aryl methyl sites for hydroxylation is 1. The highest BCUT2D eigenvalue weighted by atomic mass is 32.2.